The molecule has 2 atom stereocenters. The molecule has 1 fully saturated rings. The van der Waals surface area contributed by atoms with Crippen LogP contribution >= 0.6 is 0 Å². The van der Waals surface area contributed by atoms with Crippen LogP contribution in [-0.2, 0) is 38.3 Å². The van der Waals surface area contributed by atoms with E-state index in [2.05, 4.69) is 0 Å². The molecule has 0 aliphatic carbocycles. The maximum absolute atomic E-state index is 14.0. The Hall–Kier alpha value is -3.94. The number of nitrogens with zero attached hydrogens (tertiary/aromatic N) is 2. The van der Waals surface area contributed by atoms with Gasteiger partial charge in [-0.05, 0) is 72.5 Å². The first kappa shape index (κ1) is 34.9. The fourth-order valence-corrected chi connectivity index (χ4v) is 6.97. The molecule has 0 aromatic heterocycles. The maximum atomic E-state index is 14.0. The van der Waals surface area contributed by atoms with E-state index in [0.29, 0.717) is 23.3 Å². The molecule has 46 heavy (non-hydrogen) atoms. The van der Waals surface area contributed by atoms with Gasteiger partial charge >= 0.3 is 12.4 Å². The summed E-state index contributed by atoms with van der Waals surface area (Å²) in [4.78, 5) is 29.5. The maximum Gasteiger partial charge on any atom is 0.416 e. The summed E-state index contributed by atoms with van der Waals surface area (Å²) < 4.78 is 120. The summed E-state index contributed by atoms with van der Waals surface area (Å²) >= 11 is 0. The Bertz CT molecular complexity index is 1660. The van der Waals surface area contributed by atoms with Crippen molar-refractivity contribution in [2.75, 3.05) is 25.9 Å². The molecule has 1 aliphatic rings. The van der Waals surface area contributed by atoms with Crippen molar-refractivity contribution in [1.82, 2.24) is 9.80 Å². The monoisotopic (exact) mass is 672 g/mol. The number of carbonyl (C=O) groups is 2. The lowest BCUT2D eigenvalue weighted by Crippen LogP contribution is -2.48. The van der Waals surface area contributed by atoms with Crippen LogP contribution in [0.1, 0.15) is 46.6 Å². The van der Waals surface area contributed by atoms with E-state index in [-0.39, 0.29) is 42.5 Å². The lowest BCUT2D eigenvalue weighted by Gasteiger charge is -2.40. The minimum Gasteiger partial charge on any atom is -0.342 e. The molecular weight excluding hydrogens is 641 g/mol. The molecule has 1 saturated heterocycles. The first-order chi connectivity index (χ1) is 21.4. The molecule has 1 aliphatic heterocycles. The fourth-order valence-electron chi connectivity index (χ4n) is 5.72. The van der Waals surface area contributed by atoms with Crippen molar-refractivity contribution in [2.24, 2.45) is 5.92 Å². The molecule has 2 unspecified atom stereocenters. The number of sulfone groups is 1. The van der Waals surface area contributed by atoms with Gasteiger partial charge < -0.3 is 9.80 Å². The second-order valence-electron chi connectivity index (χ2n) is 11.3. The Morgan fingerprint density at radius 2 is 1.52 bits per heavy atom. The largest absolute Gasteiger partial charge is 0.416 e. The summed E-state index contributed by atoms with van der Waals surface area (Å²) in [6.45, 7) is 1.06. The van der Waals surface area contributed by atoms with E-state index in [1.165, 1.54) is 42.3 Å². The van der Waals surface area contributed by atoms with Gasteiger partial charge in [0.25, 0.3) is 0 Å². The Labute approximate surface area is 261 Å². The second kappa shape index (κ2) is 13.4. The Morgan fingerprint density at radius 3 is 2.09 bits per heavy atom. The van der Waals surface area contributed by atoms with Gasteiger partial charge in [-0.15, -0.1) is 0 Å². The Balaban J connectivity index is 1.57. The van der Waals surface area contributed by atoms with Crippen LogP contribution in [0.3, 0.4) is 0 Å². The van der Waals surface area contributed by atoms with Crippen LogP contribution in [0.25, 0.3) is 0 Å². The number of likely N-dealkylation sites (tertiary alicyclic amines) is 1. The third kappa shape index (κ3) is 8.25. The first-order valence-corrected chi connectivity index (χ1v) is 15.9. The molecule has 0 saturated carbocycles. The van der Waals surface area contributed by atoms with Crippen molar-refractivity contribution < 1.29 is 48.7 Å². The topological polar surface area (TPSA) is 74.8 Å². The average molecular weight is 673 g/mol. The average Bonchev–Trinajstić information content (AvgIpc) is 2.98. The highest BCUT2D eigenvalue weighted by molar-refractivity contribution is 7.91. The molecule has 3 aromatic rings. The van der Waals surface area contributed by atoms with E-state index >= 15 is 0 Å². The van der Waals surface area contributed by atoms with Crippen LogP contribution in [0.2, 0.25) is 0 Å². The lowest BCUT2D eigenvalue weighted by atomic mass is 9.78. The summed E-state index contributed by atoms with van der Waals surface area (Å²) in [5.41, 5.74) is -2.38. The van der Waals surface area contributed by atoms with Crippen LogP contribution in [0.4, 0.5) is 30.7 Å². The molecule has 0 spiro atoms. The third-order valence-electron chi connectivity index (χ3n) is 8.04. The van der Waals surface area contributed by atoms with Gasteiger partial charge in [0, 0.05) is 44.9 Å². The van der Waals surface area contributed by atoms with E-state index in [1.54, 1.807) is 25.1 Å². The van der Waals surface area contributed by atoms with E-state index in [9.17, 15) is 48.7 Å². The number of carbonyl (C=O) groups excluding carboxylic acids is 2. The molecule has 4 rings (SSSR count). The van der Waals surface area contributed by atoms with E-state index < -0.39 is 75.1 Å². The summed E-state index contributed by atoms with van der Waals surface area (Å²) in [5, 5.41) is 0. The standard InChI is InChI=1S/C32H31F7N2O4S/c1-20-14-24(33)8-9-26(20)28-19-41(29(42)11-13-46(44,45)25-6-4-3-5-7-25)12-10-27(28)30(43)40(2)18-21-15-22(31(34,35)36)17-23(16-21)32(37,38)39/h3-9,14-17,27-28H,10-13,18-19H2,1-2H3. The van der Waals surface area contributed by atoms with Crippen molar-refractivity contribution in [3.63, 3.8) is 0 Å². The van der Waals surface area contributed by atoms with Crippen LogP contribution in [0.15, 0.2) is 71.6 Å². The number of aryl methyl sites for hydroxylation is 1. The summed E-state index contributed by atoms with van der Waals surface area (Å²) in [6.07, 6.45) is -10.4. The predicted octanol–water partition coefficient (Wildman–Crippen LogP) is 6.63. The predicted molar refractivity (Wildman–Crippen MR) is 155 cm³/mol. The van der Waals surface area contributed by atoms with Crippen molar-refractivity contribution in [3.05, 3.63) is 100 Å². The number of halogens is 7. The van der Waals surface area contributed by atoms with Crippen LogP contribution in [-0.4, -0.2) is 55.9 Å². The smallest absolute Gasteiger partial charge is 0.342 e. The number of alkyl halides is 6. The molecule has 0 N–H and O–H groups in total. The van der Waals surface area contributed by atoms with E-state index in [0.717, 1.165) is 4.90 Å². The van der Waals surface area contributed by atoms with Gasteiger partial charge in [-0.25, -0.2) is 12.8 Å². The second-order valence-corrected chi connectivity index (χ2v) is 13.4. The highest BCUT2D eigenvalue weighted by atomic mass is 32.2. The summed E-state index contributed by atoms with van der Waals surface area (Å²) in [5.74, 6) is -3.63. The summed E-state index contributed by atoms with van der Waals surface area (Å²) in [6, 6.07) is 12.6. The Morgan fingerprint density at radius 1 is 0.913 bits per heavy atom. The third-order valence-corrected chi connectivity index (χ3v) is 9.78. The quantitative estimate of drug-likeness (QED) is 0.252. The summed E-state index contributed by atoms with van der Waals surface area (Å²) in [7, 11) is -2.49. The van der Waals surface area contributed by atoms with Gasteiger partial charge in [0.05, 0.1) is 21.8 Å². The fraction of sp³-hybridized carbons (Fsp3) is 0.375. The lowest BCUT2D eigenvalue weighted by molar-refractivity contribution is -0.143. The van der Waals surface area contributed by atoms with Gasteiger partial charge in [-0.1, -0.05) is 24.3 Å². The van der Waals surface area contributed by atoms with Crippen LogP contribution in [0.5, 0.6) is 0 Å². The van der Waals surface area contributed by atoms with Gasteiger partial charge in [-0.2, -0.15) is 26.3 Å². The minimum absolute atomic E-state index is 0.0104. The molecule has 248 valence electrons. The van der Waals surface area contributed by atoms with Crippen LogP contribution in [0, 0.1) is 18.7 Å². The highest BCUT2D eigenvalue weighted by Crippen LogP contribution is 2.38. The zero-order chi connectivity index (χ0) is 34.0. The van der Waals surface area contributed by atoms with Gasteiger partial charge in [-0.3, -0.25) is 9.59 Å². The molecule has 14 heteroatoms. The molecule has 6 nitrogen and oxygen atoms in total. The molecule has 0 bridgehead atoms. The van der Waals surface area contributed by atoms with Crippen molar-refractivity contribution in [3.8, 4) is 0 Å². The molecule has 0 radical (unpaired) electrons. The number of benzene rings is 3. The number of amides is 2. The molecule has 1 heterocycles. The molecule has 3 aromatic carbocycles. The van der Waals surface area contributed by atoms with Gasteiger partial charge in [0.15, 0.2) is 9.84 Å². The van der Waals surface area contributed by atoms with Gasteiger partial charge in [0.1, 0.15) is 5.82 Å². The zero-order valence-electron chi connectivity index (χ0n) is 24.8. The first-order valence-electron chi connectivity index (χ1n) is 14.2. The van der Waals surface area contributed by atoms with Crippen LogP contribution < -0.4 is 0 Å². The minimum atomic E-state index is -5.05. The number of rotatable bonds is 8. The van der Waals surface area contributed by atoms with E-state index in [1.807, 2.05) is 0 Å². The zero-order valence-corrected chi connectivity index (χ0v) is 25.6. The number of hydrogen-bond donors (Lipinski definition) is 0. The normalized spacial score (nSPS) is 17.5. The van der Waals surface area contributed by atoms with Crippen molar-refractivity contribution >= 4 is 21.7 Å². The molecule has 2 amide bonds. The van der Waals surface area contributed by atoms with E-state index in [4.69, 9.17) is 0 Å². The SMILES string of the molecule is Cc1cc(F)ccc1C1CN(C(=O)CCS(=O)(=O)c2ccccc2)CCC1C(=O)N(C)Cc1cc(C(F)(F)F)cc(C(F)(F)F)c1. The number of piperidine rings is 1. The van der Waals surface area contributed by atoms with Crippen molar-refractivity contribution in [1.29, 1.82) is 0 Å². The highest BCUT2D eigenvalue weighted by Gasteiger charge is 2.40. The van der Waals surface area contributed by atoms with Crippen molar-refractivity contribution in [2.45, 2.75) is 49.5 Å². The number of hydrogen-bond acceptors (Lipinski definition) is 4. The Kier molecular flexibility index (Phi) is 10.2. The van der Waals surface area contributed by atoms with Gasteiger partial charge in [0.2, 0.25) is 11.8 Å². The molecular formula is C32H31F7N2O4S.